The number of rotatable bonds is 6. The monoisotopic (exact) mass is 433 g/mol. The molecule has 158 valence electrons. The van der Waals surface area contributed by atoms with E-state index in [-0.39, 0.29) is 0 Å². The van der Waals surface area contributed by atoms with Crippen LogP contribution in [0, 0.1) is 26.7 Å². The standard InChI is InChI=1S/C23H24ClN7/c1-14-20(30(12-17-4-5-17)29-23(14)18-6-8-25-9-7-18)10-19-11-21(27-13-26-19)31-16(3)22(24)15(2)28-31/h6-9,11,13,17H,4-5,10,12H2,1-3H3. The van der Waals surface area contributed by atoms with Crippen molar-refractivity contribution >= 4 is 11.6 Å². The number of halogens is 1. The zero-order chi connectivity index (χ0) is 21.5. The van der Waals surface area contributed by atoms with Crippen LogP contribution in [0.4, 0.5) is 0 Å². The summed E-state index contributed by atoms with van der Waals surface area (Å²) in [5.41, 5.74) is 7.06. The van der Waals surface area contributed by atoms with E-state index in [1.54, 1.807) is 11.0 Å². The van der Waals surface area contributed by atoms with E-state index >= 15 is 0 Å². The van der Waals surface area contributed by atoms with Crippen LogP contribution in [0.5, 0.6) is 0 Å². The molecule has 0 saturated heterocycles. The Morgan fingerprint density at radius 1 is 1.06 bits per heavy atom. The fourth-order valence-corrected chi connectivity index (χ4v) is 4.02. The van der Waals surface area contributed by atoms with Gasteiger partial charge in [-0.1, -0.05) is 11.6 Å². The van der Waals surface area contributed by atoms with E-state index in [4.69, 9.17) is 16.7 Å². The molecule has 7 nitrogen and oxygen atoms in total. The maximum absolute atomic E-state index is 6.33. The molecule has 0 aromatic carbocycles. The van der Waals surface area contributed by atoms with Crippen LogP contribution >= 0.6 is 11.6 Å². The molecule has 4 aromatic heterocycles. The first-order valence-corrected chi connectivity index (χ1v) is 10.9. The molecule has 5 rings (SSSR count). The second-order valence-corrected chi connectivity index (χ2v) is 8.60. The van der Waals surface area contributed by atoms with E-state index in [2.05, 4.69) is 31.7 Å². The molecule has 0 N–H and O–H groups in total. The van der Waals surface area contributed by atoms with E-state index in [0.29, 0.717) is 11.4 Å². The van der Waals surface area contributed by atoms with Crippen molar-refractivity contribution < 1.29 is 0 Å². The molecule has 1 aliphatic carbocycles. The molecule has 4 aromatic rings. The first-order valence-electron chi connectivity index (χ1n) is 10.5. The smallest absolute Gasteiger partial charge is 0.157 e. The zero-order valence-electron chi connectivity index (χ0n) is 17.9. The summed E-state index contributed by atoms with van der Waals surface area (Å²) >= 11 is 6.33. The van der Waals surface area contributed by atoms with Crippen molar-refractivity contribution in [3.05, 3.63) is 70.3 Å². The average molecular weight is 434 g/mol. The van der Waals surface area contributed by atoms with E-state index in [0.717, 1.165) is 46.6 Å². The topological polar surface area (TPSA) is 74.3 Å². The Labute approximate surface area is 186 Å². The zero-order valence-corrected chi connectivity index (χ0v) is 18.6. The third-order valence-corrected chi connectivity index (χ3v) is 6.43. The van der Waals surface area contributed by atoms with Gasteiger partial charge >= 0.3 is 0 Å². The minimum atomic E-state index is 0.667. The number of hydrogen-bond acceptors (Lipinski definition) is 5. The van der Waals surface area contributed by atoms with Gasteiger partial charge in [-0.15, -0.1) is 0 Å². The second kappa shape index (κ2) is 7.89. The van der Waals surface area contributed by atoms with Crippen molar-refractivity contribution in [1.82, 2.24) is 34.5 Å². The van der Waals surface area contributed by atoms with E-state index in [9.17, 15) is 0 Å². The van der Waals surface area contributed by atoms with Gasteiger partial charge in [0.2, 0.25) is 0 Å². The summed E-state index contributed by atoms with van der Waals surface area (Å²) in [4.78, 5) is 13.1. The Bertz CT molecular complexity index is 1240. The summed E-state index contributed by atoms with van der Waals surface area (Å²) in [5, 5.41) is 10.2. The minimum absolute atomic E-state index is 0.667. The second-order valence-electron chi connectivity index (χ2n) is 8.22. The van der Waals surface area contributed by atoms with Crippen molar-refractivity contribution in [2.45, 2.75) is 46.6 Å². The highest BCUT2D eigenvalue weighted by Gasteiger charge is 2.25. The molecule has 0 radical (unpaired) electrons. The molecule has 0 aliphatic heterocycles. The van der Waals surface area contributed by atoms with Crippen molar-refractivity contribution in [2.75, 3.05) is 0 Å². The van der Waals surface area contributed by atoms with Crippen LogP contribution in [-0.4, -0.2) is 34.5 Å². The summed E-state index contributed by atoms with van der Waals surface area (Å²) in [6.07, 6.45) is 8.45. The summed E-state index contributed by atoms with van der Waals surface area (Å²) in [7, 11) is 0. The highest BCUT2D eigenvalue weighted by molar-refractivity contribution is 6.31. The van der Waals surface area contributed by atoms with E-state index < -0.39 is 0 Å². The van der Waals surface area contributed by atoms with Crippen LogP contribution in [0.3, 0.4) is 0 Å². The molecular formula is C23H24ClN7. The maximum atomic E-state index is 6.33. The highest BCUT2D eigenvalue weighted by Crippen LogP contribution is 2.33. The Morgan fingerprint density at radius 3 is 2.52 bits per heavy atom. The summed E-state index contributed by atoms with van der Waals surface area (Å²) in [6, 6.07) is 6.00. The molecular weight excluding hydrogens is 410 g/mol. The molecule has 0 bridgehead atoms. The number of aromatic nitrogens is 7. The van der Waals surface area contributed by atoms with Crippen molar-refractivity contribution in [2.24, 2.45) is 5.92 Å². The minimum Gasteiger partial charge on any atom is -0.268 e. The largest absolute Gasteiger partial charge is 0.268 e. The van der Waals surface area contributed by atoms with Gasteiger partial charge in [0, 0.05) is 42.7 Å². The van der Waals surface area contributed by atoms with Gasteiger partial charge in [-0.25, -0.2) is 14.6 Å². The lowest BCUT2D eigenvalue weighted by Crippen LogP contribution is -2.10. The van der Waals surface area contributed by atoms with Crippen LogP contribution in [0.1, 0.15) is 41.2 Å². The predicted molar refractivity (Wildman–Crippen MR) is 119 cm³/mol. The summed E-state index contributed by atoms with van der Waals surface area (Å²) in [5.74, 6) is 1.44. The van der Waals surface area contributed by atoms with Crippen molar-refractivity contribution in [1.29, 1.82) is 0 Å². The van der Waals surface area contributed by atoms with Gasteiger partial charge in [-0.3, -0.25) is 9.67 Å². The van der Waals surface area contributed by atoms with Gasteiger partial charge in [0.1, 0.15) is 6.33 Å². The Kier molecular flexibility index (Phi) is 5.06. The van der Waals surface area contributed by atoms with E-state index in [1.165, 1.54) is 24.1 Å². The van der Waals surface area contributed by atoms with Gasteiger partial charge < -0.3 is 0 Å². The predicted octanol–water partition coefficient (Wildman–Crippen LogP) is 4.50. The van der Waals surface area contributed by atoms with Gasteiger partial charge in [0.25, 0.3) is 0 Å². The molecule has 0 unspecified atom stereocenters. The number of nitrogens with zero attached hydrogens (tertiary/aromatic N) is 7. The fourth-order valence-electron chi connectivity index (χ4n) is 3.91. The van der Waals surface area contributed by atoms with Crippen LogP contribution < -0.4 is 0 Å². The Morgan fingerprint density at radius 2 is 1.84 bits per heavy atom. The van der Waals surface area contributed by atoms with Crippen LogP contribution in [0.2, 0.25) is 5.02 Å². The molecule has 1 aliphatic rings. The highest BCUT2D eigenvalue weighted by atomic mass is 35.5. The van der Waals surface area contributed by atoms with Gasteiger partial charge in [0.15, 0.2) is 5.82 Å². The molecule has 31 heavy (non-hydrogen) atoms. The molecule has 0 spiro atoms. The summed E-state index contributed by atoms with van der Waals surface area (Å²) in [6.45, 7) is 6.94. The van der Waals surface area contributed by atoms with Crippen molar-refractivity contribution in [3.8, 4) is 17.1 Å². The third-order valence-electron chi connectivity index (χ3n) is 5.88. The quantitative estimate of drug-likeness (QED) is 0.447. The lowest BCUT2D eigenvalue weighted by Gasteiger charge is -2.09. The molecule has 8 heteroatoms. The average Bonchev–Trinajstić information content (AvgIpc) is 3.51. The lowest BCUT2D eigenvalue weighted by molar-refractivity contribution is 0.544. The first kappa shape index (κ1) is 19.9. The molecule has 4 heterocycles. The number of hydrogen-bond donors (Lipinski definition) is 0. The van der Waals surface area contributed by atoms with Gasteiger partial charge in [-0.05, 0) is 57.2 Å². The molecule has 0 atom stereocenters. The maximum Gasteiger partial charge on any atom is 0.157 e. The fraction of sp³-hybridized carbons (Fsp3) is 0.348. The normalized spacial score (nSPS) is 13.7. The Hall–Kier alpha value is -3.06. The lowest BCUT2D eigenvalue weighted by atomic mass is 10.1. The SMILES string of the molecule is Cc1nn(-c2cc(Cc3c(C)c(-c4ccncc4)nn3CC3CC3)ncn2)c(C)c1Cl. The van der Waals surface area contributed by atoms with Gasteiger partial charge in [0.05, 0.1) is 27.8 Å². The van der Waals surface area contributed by atoms with E-state index in [1.807, 2.05) is 44.4 Å². The number of pyridine rings is 1. The van der Waals surface area contributed by atoms with Crippen LogP contribution in [0.15, 0.2) is 36.9 Å². The molecule has 1 saturated carbocycles. The molecule has 1 fully saturated rings. The Balaban J connectivity index is 1.52. The first-order chi connectivity index (χ1) is 15.0. The molecule has 0 amide bonds. The van der Waals surface area contributed by atoms with Crippen LogP contribution in [0.25, 0.3) is 17.1 Å². The van der Waals surface area contributed by atoms with Gasteiger partial charge in [-0.2, -0.15) is 10.2 Å². The number of aryl methyl sites for hydroxylation is 1. The third kappa shape index (κ3) is 3.85. The van der Waals surface area contributed by atoms with Crippen LogP contribution in [-0.2, 0) is 13.0 Å². The van der Waals surface area contributed by atoms with Crippen molar-refractivity contribution in [3.63, 3.8) is 0 Å². The summed E-state index contributed by atoms with van der Waals surface area (Å²) < 4.78 is 3.95.